The molecule has 2 aromatic rings. The average molecular weight is 282 g/mol. The molecular weight excluding hydrogens is 264 g/mol. The summed E-state index contributed by atoms with van der Waals surface area (Å²) in [5.74, 6) is -0.838. The van der Waals surface area contributed by atoms with Crippen molar-refractivity contribution >= 4 is 11.8 Å². The Morgan fingerprint density at radius 1 is 0.952 bits per heavy atom. The van der Waals surface area contributed by atoms with E-state index >= 15 is 0 Å². The Morgan fingerprint density at radius 3 is 2.10 bits per heavy atom. The second-order valence-electron chi connectivity index (χ2n) is 4.90. The Labute approximate surface area is 124 Å². The quantitative estimate of drug-likeness (QED) is 0.603. The zero-order chi connectivity index (χ0) is 15.1. The molecule has 0 aliphatic carbocycles. The van der Waals surface area contributed by atoms with Crippen molar-refractivity contribution in [3.63, 3.8) is 0 Å². The lowest BCUT2D eigenvalue weighted by molar-refractivity contribution is -0.145. The third-order valence-corrected chi connectivity index (χ3v) is 3.39. The van der Waals surface area contributed by atoms with Crippen LogP contribution in [0.15, 0.2) is 60.7 Å². The number of esters is 1. The molecule has 0 N–H and O–H groups in total. The first-order valence-corrected chi connectivity index (χ1v) is 6.90. The molecule has 0 heterocycles. The summed E-state index contributed by atoms with van der Waals surface area (Å²) in [6.07, 6.45) is 0.664. The number of rotatable bonds is 6. The molecule has 2 aromatic carbocycles. The first-order chi connectivity index (χ1) is 10.2. The van der Waals surface area contributed by atoms with E-state index in [1.54, 1.807) is 12.1 Å². The topological polar surface area (TPSA) is 43.4 Å². The highest BCUT2D eigenvalue weighted by Crippen LogP contribution is 2.17. The fourth-order valence-electron chi connectivity index (χ4n) is 2.27. The van der Waals surface area contributed by atoms with Crippen LogP contribution in [0.2, 0.25) is 0 Å². The van der Waals surface area contributed by atoms with Crippen LogP contribution >= 0.6 is 0 Å². The highest BCUT2D eigenvalue weighted by Gasteiger charge is 2.23. The van der Waals surface area contributed by atoms with Crippen LogP contribution in [0.3, 0.4) is 0 Å². The molecule has 0 fully saturated rings. The average Bonchev–Trinajstić information content (AvgIpc) is 2.55. The molecule has 2 rings (SSSR count). The van der Waals surface area contributed by atoms with Gasteiger partial charge in [0, 0.05) is 12.0 Å². The summed E-state index contributed by atoms with van der Waals surface area (Å²) < 4.78 is 4.83. The van der Waals surface area contributed by atoms with Gasteiger partial charge in [-0.2, -0.15) is 0 Å². The Hall–Kier alpha value is -2.42. The number of benzene rings is 2. The second kappa shape index (κ2) is 7.39. The van der Waals surface area contributed by atoms with Crippen molar-refractivity contribution in [1.29, 1.82) is 0 Å². The number of Topliss-reactive ketones (excluding diaryl/α,β-unsaturated/α-hetero) is 1. The summed E-state index contributed by atoms with van der Waals surface area (Å²) in [6.45, 7) is 0. The van der Waals surface area contributed by atoms with Gasteiger partial charge in [-0.15, -0.1) is 0 Å². The number of carbonyl (C=O) groups excluding carboxylic acids is 2. The third-order valence-electron chi connectivity index (χ3n) is 3.39. The van der Waals surface area contributed by atoms with Gasteiger partial charge in [-0.3, -0.25) is 9.59 Å². The van der Waals surface area contributed by atoms with Gasteiger partial charge < -0.3 is 4.74 Å². The van der Waals surface area contributed by atoms with E-state index in [-0.39, 0.29) is 18.2 Å². The zero-order valence-corrected chi connectivity index (χ0v) is 12.0. The number of hydrogen-bond donors (Lipinski definition) is 0. The lowest BCUT2D eigenvalue weighted by atomic mass is 9.92. The van der Waals surface area contributed by atoms with Gasteiger partial charge in [0.1, 0.15) is 0 Å². The number of hydrogen-bond acceptors (Lipinski definition) is 3. The largest absolute Gasteiger partial charge is 0.469 e. The van der Waals surface area contributed by atoms with Crippen LogP contribution in [0.5, 0.6) is 0 Å². The van der Waals surface area contributed by atoms with E-state index in [1.165, 1.54) is 7.11 Å². The second-order valence-corrected chi connectivity index (χ2v) is 4.90. The van der Waals surface area contributed by atoms with E-state index < -0.39 is 5.92 Å². The molecule has 0 saturated heterocycles. The maximum atomic E-state index is 12.3. The summed E-state index contributed by atoms with van der Waals surface area (Å²) >= 11 is 0. The SMILES string of the molecule is COC(=O)[C@H](CC(=O)c1ccccc1)Cc1ccccc1. The Bertz CT molecular complexity index is 590. The van der Waals surface area contributed by atoms with Gasteiger partial charge in [0.15, 0.2) is 5.78 Å². The van der Waals surface area contributed by atoms with Crippen molar-refractivity contribution in [2.45, 2.75) is 12.8 Å². The van der Waals surface area contributed by atoms with Crippen LogP contribution in [0.4, 0.5) is 0 Å². The van der Waals surface area contributed by atoms with Crippen LogP contribution in [-0.4, -0.2) is 18.9 Å². The molecule has 0 spiro atoms. The number of methoxy groups -OCH3 is 1. The molecule has 0 aliphatic rings. The predicted molar refractivity (Wildman–Crippen MR) is 81.0 cm³/mol. The van der Waals surface area contributed by atoms with Gasteiger partial charge in [-0.05, 0) is 12.0 Å². The van der Waals surface area contributed by atoms with Crippen molar-refractivity contribution in [3.05, 3.63) is 71.8 Å². The van der Waals surface area contributed by atoms with E-state index in [2.05, 4.69) is 0 Å². The van der Waals surface area contributed by atoms with Gasteiger partial charge >= 0.3 is 5.97 Å². The molecule has 3 heteroatoms. The van der Waals surface area contributed by atoms with E-state index in [0.29, 0.717) is 12.0 Å². The molecule has 1 atom stereocenters. The molecule has 0 radical (unpaired) electrons. The minimum absolute atomic E-state index is 0.0399. The molecule has 0 aliphatic heterocycles. The molecule has 0 unspecified atom stereocenters. The molecule has 0 saturated carbocycles. The molecule has 0 bridgehead atoms. The smallest absolute Gasteiger partial charge is 0.309 e. The van der Waals surface area contributed by atoms with E-state index in [9.17, 15) is 9.59 Å². The van der Waals surface area contributed by atoms with Gasteiger partial charge in [0.05, 0.1) is 13.0 Å². The Kier molecular flexibility index (Phi) is 5.27. The lowest BCUT2D eigenvalue weighted by Crippen LogP contribution is -2.22. The third kappa shape index (κ3) is 4.28. The summed E-state index contributed by atoms with van der Waals surface area (Å²) in [5.41, 5.74) is 1.65. The standard InChI is InChI=1S/C18H18O3/c1-21-18(20)16(12-14-8-4-2-5-9-14)13-17(19)15-10-6-3-7-11-15/h2-11,16H,12-13H2,1H3/t16-/m0/s1. The van der Waals surface area contributed by atoms with Gasteiger partial charge in [-0.1, -0.05) is 60.7 Å². The number of ether oxygens (including phenoxy) is 1. The fourth-order valence-corrected chi connectivity index (χ4v) is 2.27. The highest BCUT2D eigenvalue weighted by molar-refractivity contribution is 5.98. The van der Waals surface area contributed by atoms with Crippen molar-refractivity contribution in [1.82, 2.24) is 0 Å². The van der Waals surface area contributed by atoms with Crippen LogP contribution in [0, 0.1) is 5.92 Å². The van der Waals surface area contributed by atoms with Crippen LogP contribution in [0.1, 0.15) is 22.3 Å². The molecule has 108 valence electrons. The first kappa shape index (κ1) is 15.0. The first-order valence-electron chi connectivity index (χ1n) is 6.90. The van der Waals surface area contributed by atoms with Gasteiger partial charge in [-0.25, -0.2) is 0 Å². The van der Waals surface area contributed by atoms with E-state index in [1.807, 2.05) is 48.5 Å². The number of carbonyl (C=O) groups is 2. The predicted octanol–water partition coefficient (Wildman–Crippen LogP) is 3.29. The van der Waals surface area contributed by atoms with Crippen LogP contribution in [-0.2, 0) is 16.0 Å². The summed E-state index contributed by atoms with van der Waals surface area (Å²) in [4.78, 5) is 24.2. The zero-order valence-electron chi connectivity index (χ0n) is 12.0. The molecular formula is C18H18O3. The minimum Gasteiger partial charge on any atom is -0.469 e. The number of ketones is 1. The maximum absolute atomic E-state index is 12.3. The van der Waals surface area contributed by atoms with Crippen LogP contribution < -0.4 is 0 Å². The van der Waals surface area contributed by atoms with E-state index in [0.717, 1.165) is 5.56 Å². The molecule has 0 aromatic heterocycles. The van der Waals surface area contributed by atoms with Crippen molar-refractivity contribution in [3.8, 4) is 0 Å². The minimum atomic E-state index is -0.454. The molecule has 3 nitrogen and oxygen atoms in total. The van der Waals surface area contributed by atoms with Gasteiger partial charge in [0.2, 0.25) is 0 Å². The van der Waals surface area contributed by atoms with Crippen molar-refractivity contribution in [2.24, 2.45) is 5.92 Å². The normalized spacial score (nSPS) is 11.7. The Morgan fingerprint density at radius 2 is 1.52 bits per heavy atom. The summed E-state index contributed by atoms with van der Waals surface area (Å²) in [7, 11) is 1.35. The molecule has 0 amide bonds. The summed E-state index contributed by atoms with van der Waals surface area (Å²) in [5, 5.41) is 0. The van der Waals surface area contributed by atoms with Crippen molar-refractivity contribution in [2.75, 3.05) is 7.11 Å². The lowest BCUT2D eigenvalue weighted by Gasteiger charge is -2.14. The van der Waals surface area contributed by atoms with Crippen LogP contribution in [0.25, 0.3) is 0 Å². The van der Waals surface area contributed by atoms with Crippen molar-refractivity contribution < 1.29 is 14.3 Å². The van der Waals surface area contributed by atoms with E-state index in [4.69, 9.17) is 4.74 Å². The molecule has 21 heavy (non-hydrogen) atoms. The monoisotopic (exact) mass is 282 g/mol. The summed E-state index contributed by atoms with van der Waals surface area (Å²) in [6, 6.07) is 18.7. The van der Waals surface area contributed by atoms with Gasteiger partial charge in [0.25, 0.3) is 0 Å². The maximum Gasteiger partial charge on any atom is 0.309 e. The fraction of sp³-hybridized carbons (Fsp3) is 0.222. The highest BCUT2D eigenvalue weighted by atomic mass is 16.5. The Balaban J connectivity index is 2.10.